The molecule has 2 unspecified atom stereocenters. The summed E-state index contributed by atoms with van der Waals surface area (Å²) in [5.74, 6) is 0.561. The topological polar surface area (TPSA) is 21.3 Å². The van der Waals surface area contributed by atoms with Crippen LogP contribution in [-0.4, -0.2) is 24.3 Å². The first-order valence-corrected chi connectivity index (χ1v) is 6.83. The second-order valence-electron chi connectivity index (χ2n) is 6.08. The summed E-state index contributed by atoms with van der Waals surface area (Å²) in [6.07, 6.45) is 5.06. The average molecular weight is 227 g/mol. The zero-order valence-corrected chi connectivity index (χ0v) is 11.7. The molecule has 1 aliphatic heterocycles. The molecule has 0 amide bonds. The number of rotatable bonds is 5. The molecule has 0 aromatic heterocycles. The van der Waals surface area contributed by atoms with Gasteiger partial charge in [-0.2, -0.15) is 0 Å². The fourth-order valence-electron chi connectivity index (χ4n) is 2.42. The molecule has 1 N–H and O–H groups in total. The zero-order chi connectivity index (χ0) is 12.2. The summed E-state index contributed by atoms with van der Waals surface area (Å²) < 4.78 is 6.41. The fraction of sp³-hybridized carbons (Fsp3) is 1.00. The normalized spacial score (nSPS) is 35.6. The molecular weight excluding hydrogens is 198 g/mol. The van der Waals surface area contributed by atoms with E-state index in [0.717, 1.165) is 13.1 Å². The number of morpholine rings is 1. The molecule has 0 spiro atoms. The Balaban J connectivity index is 2.54. The Kier molecular flexibility index (Phi) is 4.81. The molecule has 0 aromatic rings. The second kappa shape index (κ2) is 5.50. The molecule has 0 bridgehead atoms. The third-order valence-corrected chi connectivity index (χ3v) is 3.98. The predicted octanol–water partition coefficient (Wildman–Crippen LogP) is 3.36. The molecule has 1 heterocycles. The standard InChI is InChI=1S/C14H29NO/c1-6-7-8-9-13(4)10-15-11-14(5,16-13)12(2)3/h12,15H,6-11H2,1-5H3. The number of nitrogens with one attached hydrogen (secondary N) is 1. The second-order valence-corrected chi connectivity index (χ2v) is 6.08. The van der Waals surface area contributed by atoms with Crippen molar-refractivity contribution in [1.82, 2.24) is 5.32 Å². The smallest absolute Gasteiger partial charge is 0.0809 e. The van der Waals surface area contributed by atoms with Crippen molar-refractivity contribution in [1.29, 1.82) is 0 Å². The molecule has 0 saturated carbocycles. The van der Waals surface area contributed by atoms with Gasteiger partial charge < -0.3 is 10.1 Å². The van der Waals surface area contributed by atoms with Crippen LogP contribution in [0.15, 0.2) is 0 Å². The van der Waals surface area contributed by atoms with Crippen LogP contribution in [0.1, 0.15) is 60.3 Å². The van der Waals surface area contributed by atoms with Gasteiger partial charge in [-0.1, -0.05) is 40.0 Å². The highest BCUT2D eigenvalue weighted by atomic mass is 16.5. The fourth-order valence-corrected chi connectivity index (χ4v) is 2.42. The van der Waals surface area contributed by atoms with E-state index in [0.29, 0.717) is 5.92 Å². The maximum absolute atomic E-state index is 6.41. The lowest BCUT2D eigenvalue weighted by atomic mass is 9.86. The van der Waals surface area contributed by atoms with E-state index >= 15 is 0 Å². The monoisotopic (exact) mass is 227 g/mol. The van der Waals surface area contributed by atoms with Gasteiger partial charge >= 0.3 is 0 Å². The van der Waals surface area contributed by atoms with Gasteiger partial charge in [0.2, 0.25) is 0 Å². The van der Waals surface area contributed by atoms with E-state index < -0.39 is 0 Å². The van der Waals surface area contributed by atoms with Gasteiger partial charge in [0.05, 0.1) is 11.2 Å². The van der Waals surface area contributed by atoms with Crippen LogP contribution < -0.4 is 5.32 Å². The third-order valence-electron chi connectivity index (χ3n) is 3.98. The summed E-state index contributed by atoms with van der Waals surface area (Å²) in [6, 6.07) is 0. The number of ether oxygens (including phenoxy) is 1. The summed E-state index contributed by atoms with van der Waals surface area (Å²) in [4.78, 5) is 0. The van der Waals surface area contributed by atoms with Crippen LogP contribution in [-0.2, 0) is 4.74 Å². The summed E-state index contributed by atoms with van der Waals surface area (Å²) in [5.41, 5.74) is 0.0334. The van der Waals surface area contributed by atoms with Gasteiger partial charge in [-0.15, -0.1) is 0 Å². The molecule has 0 radical (unpaired) electrons. The lowest BCUT2D eigenvalue weighted by Gasteiger charge is -2.48. The van der Waals surface area contributed by atoms with Gasteiger partial charge in [-0.3, -0.25) is 0 Å². The molecule has 1 saturated heterocycles. The molecule has 1 rings (SSSR count). The van der Waals surface area contributed by atoms with Crippen LogP contribution in [0.25, 0.3) is 0 Å². The number of hydrogen-bond acceptors (Lipinski definition) is 2. The van der Waals surface area contributed by atoms with Crippen LogP contribution in [0.5, 0.6) is 0 Å². The van der Waals surface area contributed by atoms with Crippen LogP contribution in [0.4, 0.5) is 0 Å². The predicted molar refractivity (Wildman–Crippen MR) is 69.7 cm³/mol. The first-order chi connectivity index (χ1) is 7.42. The lowest BCUT2D eigenvalue weighted by molar-refractivity contribution is -0.184. The maximum Gasteiger partial charge on any atom is 0.0809 e. The van der Waals surface area contributed by atoms with Crippen molar-refractivity contribution < 1.29 is 4.74 Å². The first-order valence-electron chi connectivity index (χ1n) is 6.83. The Bertz CT molecular complexity index is 217. The minimum atomic E-state index is -0.000779. The Labute approximate surface area is 101 Å². The molecule has 1 fully saturated rings. The van der Waals surface area contributed by atoms with Crippen molar-refractivity contribution >= 4 is 0 Å². The minimum Gasteiger partial charge on any atom is -0.366 e. The quantitative estimate of drug-likeness (QED) is 0.727. The summed E-state index contributed by atoms with van der Waals surface area (Å²) in [6.45, 7) is 13.2. The Hall–Kier alpha value is -0.0800. The third kappa shape index (κ3) is 3.46. The first kappa shape index (κ1) is 14.0. The van der Waals surface area contributed by atoms with Gasteiger partial charge in [0.25, 0.3) is 0 Å². The van der Waals surface area contributed by atoms with Gasteiger partial charge in [0.15, 0.2) is 0 Å². The van der Waals surface area contributed by atoms with Crippen molar-refractivity contribution in [2.75, 3.05) is 13.1 Å². The van der Waals surface area contributed by atoms with E-state index in [1.807, 2.05) is 0 Å². The van der Waals surface area contributed by atoms with E-state index in [9.17, 15) is 0 Å². The molecule has 2 heteroatoms. The van der Waals surface area contributed by atoms with Crippen LogP contribution in [0.3, 0.4) is 0 Å². The van der Waals surface area contributed by atoms with Crippen LogP contribution in [0.2, 0.25) is 0 Å². The van der Waals surface area contributed by atoms with Crippen LogP contribution >= 0.6 is 0 Å². The Morgan fingerprint density at radius 2 is 1.88 bits per heavy atom. The van der Waals surface area contributed by atoms with E-state index in [1.165, 1.54) is 25.7 Å². The van der Waals surface area contributed by atoms with Gasteiger partial charge in [-0.25, -0.2) is 0 Å². The summed E-state index contributed by atoms with van der Waals surface area (Å²) in [5, 5.41) is 3.55. The molecule has 0 aliphatic carbocycles. The number of unbranched alkanes of at least 4 members (excludes halogenated alkanes) is 2. The highest BCUT2D eigenvalue weighted by Crippen LogP contribution is 2.33. The van der Waals surface area contributed by atoms with Crippen LogP contribution in [0, 0.1) is 5.92 Å². The van der Waals surface area contributed by atoms with E-state index in [4.69, 9.17) is 4.74 Å². The van der Waals surface area contributed by atoms with Gasteiger partial charge in [-0.05, 0) is 26.2 Å². The average Bonchev–Trinajstić information content (AvgIpc) is 2.17. The van der Waals surface area contributed by atoms with Gasteiger partial charge in [0, 0.05) is 13.1 Å². The summed E-state index contributed by atoms with van der Waals surface area (Å²) >= 11 is 0. The molecule has 96 valence electrons. The van der Waals surface area contributed by atoms with Gasteiger partial charge in [0.1, 0.15) is 0 Å². The molecule has 2 nitrogen and oxygen atoms in total. The molecule has 0 aromatic carbocycles. The Morgan fingerprint density at radius 3 is 2.44 bits per heavy atom. The zero-order valence-electron chi connectivity index (χ0n) is 11.7. The van der Waals surface area contributed by atoms with Crippen molar-refractivity contribution in [2.24, 2.45) is 5.92 Å². The molecule has 1 aliphatic rings. The highest BCUT2D eigenvalue weighted by Gasteiger charge is 2.41. The highest BCUT2D eigenvalue weighted by molar-refractivity contribution is 4.93. The van der Waals surface area contributed by atoms with E-state index in [1.54, 1.807) is 0 Å². The van der Waals surface area contributed by atoms with Crippen molar-refractivity contribution in [3.63, 3.8) is 0 Å². The summed E-state index contributed by atoms with van der Waals surface area (Å²) in [7, 11) is 0. The largest absolute Gasteiger partial charge is 0.366 e. The maximum atomic E-state index is 6.41. The van der Waals surface area contributed by atoms with Crippen molar-refractivity contribution in [3.8, 4) is 0 Å². The lowest BCUT2D eigenvalue weighted by Crippen LogP contribution is -2.60. The SMILES string of the molecule is CCCCCC1(C)CNCC(C)(C(C)C)O1. The van der Waals surface area contributed by atoms with Crippen molar-refractivity contribution in [2.45, 2.75) is 71.5 Å². The molecule has 2 atom stereocenters. The molecule has 16 heavy (non-hydrogen) atoms. The minimum absolute atomic E-state index is 0.000779. The Morgan fingerprint density at radius 1 is 1.19 bits per heavy atom. The van der Waals surface area contributed by atoms with E-state index in [2.05, 4.69) is 39.9 Å². The van der Waals surface area contributed by atoms with E-state index in [-0.39, 0.29) is 11.2 Å². The van der Waals surface area contributed by atoms with Crippen molar-refractivity contribution in [3.05, 3.63) is 0 Å². The molecular formula is C14H29NO. The number of hydrogen-bond donors (Lipinski definition) is 1.